The highest BCUT2D eigenvalue weighted by atomic mass is 19.4. The first kappa shape index (κ1) is 12.3. The molecule has 0 bridgehead atoms. The molecule has 0 atom stereocenters. The third-order valence-corrected chi connectivity index (χ3v) is 2.50. The number of aromatic nitrogens is 1. The summed E-state index contributed by atoms with van der Waals surface area (Å²) in [5.41, 5.74) is -0.975. The van der Waals surface area contributed by atoms with Crippen LogP contribution in [0.4, 0.5) is 13.2 Å². The molecule has 0 radical (unpaired) electrons. The zero-order valence-corrected chi connectivity index (χ0v) is 9.25. The van der Waals surface area contributed by atoms with E-state index in [4.69, 9.17) is 5.11 Å². The molecule has 0 saturated heterocycles. The van der Waals surface area contributed by atoms with Crippen molar-refractivity contribution in [2.24, 2.45) is 0 Å². The fourth-order valence-electron chi connectivity index (χ4n) is 1.82. The highest BCUT2D eigenvalue weighted by molar-refractivity contribution is 6.04. The van der Waals surface area contributed by atoms with Crippen LogP contribution in [0.3, 0.4) is 0 Å². The number of pyridine rings is 1. The molecule has 1 heterocycles. The summed E-state index contributed by atoms with van der Waals surface area (Å²) in [5, 5.41) is 8.63. The van der Waals surface area contributed by atoms with Crippen LogP contribution in [-0.2, 0) is 6.18 Å². The first-order chi connectivity index (χ1) is 8.30. The molecule has 1 aromatic carbocycles. The Morgan fingerprint density at radius 2 is 2.00 bits per heavy atom. The van der Waals surface area contributed by atoms with E-state index in [0.29, 0.717) is 5.69 Å². The van der Waals surface area contributed by atoms with E-state index in [1.165, 1.54) is 19.1 Å². The molecule has 0 unspecified atom stereocenters. The molecule has 1 N–H and O–H groups in total. The zero-order valence-electron chi connectivity index (χ0n) is 9.25. The fraction of sp³-hybridized carbons (Fsp3) is 0.167. The number of nitrogens with zero attached hydrogens (tertiary/aromatic N) is 1. The highest BCUT2D eigenvalue weighted by Gasteiger charge is 2.34. The number of aromatic carboxylic acids is 1. The second kappa shape index (κ2) is 3.97. The van der Waals surface area contributed by atoms with Crippen LogP contribution < -0.4 is 0 Å². The van der Waals surface area contributed by atoms with Gasteiger partial charge in [0, 0.05) is 11.1 Å². The van der Waals surface area contributed by atoms with E-state index in [1.54, 1.807) is 0 Å². The standard InChI is InChI=1S/C12H8F3NO2/c1-6-5-7(11(17)18)10-8(12(13,14)15)3-2-4-9(10)16-6/h2-5H,1H3,(H,17,18). The van der Waals surface area contributed by atoms with E-state index in [2.05, 4.69) is 4.98 Å². The Hall–Kier alpha value is -2.11. The number of hydrogen-bond acceptors (Lipinski definition) is 2. The van der Waals surface area contributed by atoms with Crippen LogP contribution in [0.5, 0.6) is 0 Å². The summed E-state index contributed by atoms with van der Waals surface area (Å²) in [6.45, 7) is 1.53. The molecule has 1 aromatic heterocycles. The summed E-state index contributed by atoms with van der Waals surface area (Å²) < 4.78 is 38.5. The monoisotopic (exact) mass is 255 g/mol. The molecular weight excluding hydrogens is 247 g/mol. The number of alkyl halides is 3. The summed E-state index contributed by atoms with van der Waals surface area (Å²) in [5.74, 6) is -1.40. The molecule has 18 heavy (non-hydrogen) atoms. The first-order valence-electron chi connectivity index (χ1n) is 5.01. The maximum Gasteiger partial charge on any atom is 0.417 e. The van der Waals surface area contributed by atoms with Crippen molar-refractivity contribution >= 4 is 16.9 Å². The van der Waals surface area contributed by atoms with Crippen molar-refractivity contribution in [3.63, 3.8) is 0 Å². The van der Waals surface area contributed by atoms with Crippen molar-refractivity contribution in [1.82, 2.24) is 4.98 Å². The summed E-state index contributed by atoms with van der Waals surface area (Å²) in [7, 11) is 0. The molecule has 94 valence electrons. The number of carboxylic acids is 1. The molecule has 3 nitrogen and oxygen atoms in total. The van der Waals surface area contributed by atoms with Gasteiger partial charge in [-0.3, -0.25) is 4.98 Å². The van der Waals surface area contributed by atoms with Crippen LogP contribution in [0.1, 0.15) is 21.6 Å². The van der Waals surface area contributed by atoms with Crippen molar-refractivity contribution in [2.75, 3.05) is 0 Å². The number of hydrogen-bond donors (Lipinski definition) is 1. The quantitative estimate of drug-likeness (QED) is 0.850. The van der Waals surface area contributed by atoms with E-state index in [0.717, 1.165) is 12.1 Å². The molecule has 0 fully saturated rings. The Kier molecular flexibility index (Phi) is 2.73. The number of benzene rings is 1. The van der Waals surface area contributed by atoms with Crippen LogP contribution in [0.2, 0.25) is 0 Å². The van der Waals surface area contributed by atoms with Gasteiger partial charge in [-0.25, -0.2) is 4.79 Å². The number of rotatable bonds is 1. The number of carboxylic acid groups (broad SMARTS) is 1. The van der Waals surface area contributed by atoms with Gasteiger partial charge in [0.25, 0.3) is 0 Å². The number of aryl methyl sites for hydroxylation is 1. The molecular formula is C12H8F3NO2. The second-order valence-corrected chi connectivity index (χ2v) is 3.81. The van der Waals surface area contributed by atoms with Gasteiger partial charge in [-0.2, -0.15) is 13.2 Å². The minimum atomic E-state index is -4.61. The molecule has 0 spiro atoms. The maximum atomic E-state index is 12.8. The average Bonchev–Trinajstić information content (AvgIpc) is 2.25. The number of halogens is 3. The minimum Gasteiger partial charge on any atom is -0.478 e. The first-order valence-corrected chi connectivity index (χ1v) is 5.01. The van der Waals surface area contributed by atoms with Crippen molar-refractivity contribution in [3.05, 3.63) is 41.1 Å². The SMILES string of the molecule is Cc1cc(C(=O)O)c2c(C(F)(F)F)cccc2n1. The van der Waals surface area contributed by atoms with E-state index in [-0.39, 0.29) is 16.5 Å². The Balaban J connectivity index is 2.95. The van der Waals surface area contributed by atoms with Gasteiger partial charge in [-0.1, -0.05) is 6.07 Å². The highest BCUT2D eigenvalue weighted by Crippen LogP contribution is 2.36. The van der Waals surface area contributed by atoms with Crippen molar-refractivity contribution in [2.45, 2.75) is 13.1 Å². The predicted octanol–water partition coefficient (Wildman–Crippen LogP) is 3.26. The van der Waals surface area contributed by atoms with Crippen LogP contribution in [0.15, 0.2) is 24.3 Å². The van der Waals surface area contributed by atoms with Gasteiger partial charge in [0.05, 0.1) is 16.6 Å². The topological polar surface area (TPSA) is 50.2 Å². The van der Waals surface area contributed by atoms with E-state index in [9.17, 15) is 18.0 Å². The molecule has 0 aliphatic carbocycles. The van der Waals surface area contributed by atoms with Gasteiger partial charge in [0.1, 0.15) is 0 Å². The van der Waals surface area contributed by atoms with Crippen LogP contribution in [-0.4, -0.2) is 16.1 Å². The summed E-state index contributed by atoms with van der Waals surface area (Å²) in [4.78, 5) is 15.0. The molecule has 0 aliphatic heterocycles. The Bertz CT molecular complexity index is 635. The van der Waals surface area contributed by atoms with Gasteiger partial charge in [-0.15, -0.1) is 0 Å². The van der Waals surface area contributed by atoms with Crippen LogP contribution >= 0.6 is 0 Å². The third-order valence-electron chi connectivity index (χ3n) is 2.50. The number of fused-ring (bicyclic) bond motifs is 1. The largest absolute Gasteiger partial charge is 0.478 e. The molecule has 2 aromatic rings. The smallest absolute Gasteiger partial charge is 0.417 e. The van der Waals surface area contributed by atoms with Crippen molar-refractivity contribution in [1.29, 1.82) is 0 Å². The van der Waals surface area contributed by atoms with Crippen molar-refractivity contribution in [3.8, 4) is 0 Å². The van der Waals surface area contributed by atoms with Crippen LogP contribution in [0, 0.1) is 6.92 Å². The third kappa shape index (κ3) is 2.01. The Labute approximate surface area is 99.9 Å². The van der Waals surface area contributed by atoms with Gasteiger partial charge < -0.3 is 5.11 Å². The van der Waals surface area contributed by atoms with E-state index < -0.39 is 17.7 Å². The minimum absolute atomic E-state index is 0.0298. The predicted molar refractivity (Wildman–Crippen MR) is 58.4 cm³/mol. The fourth-order valence-corrected chi connectivity index (χ4v) is 1.82. The molecule has 2 rings (SSSR count). The van der Waals surface area contributed by atoms with E-state index in [1.807, 2.05) is 0 Å². The lowest BCUT2D eigenvalue weighted by atomic mass is 10.0. The zero-order chi connectivity index (χ0) is 13.5. The Morgan fingerprint density at radius 1 is 1.33 bits per heavy atom. The van der Waals surface area contributed by atoms with Gasteiger partial charge in [0.15, 0.2) is 0 Å². The lowest BCUT2D eigenvalue weighted by molar-refractivity contribution is -0.136. The molecule has 6 heteroatoms. The maximum absolute atomic E-state index is 12.8. The summed E-state index contributed by atoms with van der Waals surface area (Å²) in [6.07, 6.45) is -4.61. The number of carbonyl (C=O) groups is 1. The normalized spacial score (nSPS) is 11.8. The van der Waals surface area contributed by atoms with Crippen molar-refractivity contribution < 1.29 is 23.1 Å². The molecule has 0 saturated carbocycles. The summed E-state index contributed by atoms with van der Waals surface area (Å²) >= 11 is 0. The van der Waals surface area contributed by atoms with E-state index >= 15 is 0 Å². The Morgan fingerprint density at radius 3 is 2.56 bits per heavy atom. The average molecular weight is 255 g/mol. The molecule has 0 aliphatic rings. The van der Waals surface area contributed by atoms with Gasteiger partial charge in [-0.05, 0) is 25.1 Å². The van der Waals surface area contributed by atoms with Gasteiger partial charge in [0.2, 0.25) is 0 Å². The van der Waals surface area contributed by atoms with Gasteiger partial charge >= 0.3 is 12.1 Å². The molecule has 0 amide bonds. The lowest BCUT2D eigenvalue weighted by Crippen LogP contribution is -2.10. The second-order valence-electron chi connectivity index (χ2n) is 3.81. The summed E-state index contributed by atoms with van der Waals surface area (Å²) in [6, 6.07) is 4.57. The lowest BCUT2D eigenvalue weighted by Gasteiger charge is -2.12. The van der Waals surface area contributed by atoms with Crippen LogP contribution in [0.25, 0.3) is 10.9 Å².